The Bertz CT molecular complexity index is 383. The predicted octanol–water partition coefficient (Wildman–Crippen LogP) is 2.03. The SMILES string of the molecule is O=C(O)c1cc(C(F)F)c(O)c(I)n1. The number of aromatic nitrogens is 1. The summed E-state index contributed by atoms with van der Waals surface area (Å²) >= 11 is 1.48. The molecule has 0 amide bonds. The minimum absolute atomic E-state index is 0.155. The van der Waals surface area contributed by atoms with Crippen LogP contribution in [-0.2, 0) is 0 Å². The summed E-state index contributed by atoms with van der Waals surface area (Å²) in [6.07, 6.45) is -2.93. The number of aromatic carboxylic acids is 1. The summed E-state index contributed by atoms with van der Waals surface area (Å²) in [5, 5.41) is 17.6. The van der Waals surface area contributed by atoms with Crippen molar-refractivity contribution in [1.29, 1.82) is 0 Å². The second-order valence-corrected chi connectivity index (χ2v) is 3.36. The number of carboxylic acids is 1. The quantitative estimate of drug-likeness (QED) is 0.647. The molecule has 1 heterocycles. The van der Waals surface area contributed by atoms with E-state index in [1.165, 1.54) is 22.6 Å². The minimum atomic E-state index is -2.93. The first-order valence-corrected chi connectivity index (χ1v) is 4.42. The van der Waals surface area contributed by atoms with Crippen LogP contribution in [0.5, 0.6) is 5.75 Å². The molecule has 0 aliphatic carbocycles. The van der Waals surface area contributed by atoms with E-state index in [0.717, 1.165) is 0 Å². The molecule has 1 rings (SSSR count). The number of pyridine rings is 1. The molecule has 0 saturated heterocycles. The van der Waals surface area contributed by atoms with Gasteiger partial charge < -0.3 is 10.2 Å². The molecule has 0 radical (unpaired) electrons. The van der Waals surface area contributed by atoms with Crippen molar-refractivity contribution in [3.05, 3.63) is 21.0 Å². The Morgan fingerprint density at radius 3 is 2.57 bits per heavy atom. The first-order chi connectivity index (χ1) is 6.43. The molecular formula is C7H4F2INO3. The van der Waals surface area contributed by atoms with E-state index < -0.39 is 29.4 Å². The molecule has 0 aliphatic rings. The lowest BCUT2D eigenvalue weighted by Gasteiger charge is -2.05. The van der Waals surface area contributed by atoms with Gasteiger partial charge in [0.05, 0.1) is 5.56 Å². The maximum absolute atomic E-state index is 12.3. The van der Waals surface area contributed by atoms with Crippen molar-refractivity contribution < 1.29 is 23.8 Å². The van der Waals surface area contributed by atoms with Crippen molar-refractivity contribution in [3.8, 4) is 5.75 Å². The van der Waals surface area contributed by atoms with Gasteiger partial charge in [-0.3, -0.25) is 0 Å². The molecule has 0 spiro atoms. The van der Waals surface area contributed by atoms with Crippen LogP contribution in [0.25, 0.3) is 0 Å². The second kappa shape index (κ2) is 4.03. The lowest BCUT2D eigenvalue weighted by Crippen LogP contribution is -2.04. The third kappa shape index (κ3) is 2.08. The van der Waals surface area contributed by atoms with E-state index in [2.05, 4.69) is 4.98 Å². The molecule has 0 saturated carbocycles. The molecule has 14 heavy (non-hydrogen) atoms. The molecule has 0 aromatic carbocycles. The van der Waals surface area contributed by atoms with Crippen LogP contribution in [0.3, 0.4) is 0 Å². The largest absolute Gasteiger partial charge is 0.505 e. The Balaban J connectivity index is 3.35. The predicted molar refractivity (Wildman–Crippen MR) is 50.5 cm³/mol. The Morgan fingerprint density at radius 2 is 2.14 bits per heavy atom. The third-order valence-corrected chi connectivity index (χ3v) is 2.19. The maximum atomic E-state index is 12.3. The average Bonchev–Trinajstić information content (AvgIpc) is 2.08. The second-order valence-electron chi connectivity index (χ2n) is 2.34. The number of halogens is 3. The van der Waals surface area contributed by atoms with Crippen LogP contribution in [0.4, 0.5) is 8.78 Å². The van der Waals surface area contributed by atoms with Crippen LogP contribution in [-0.4, -0.2) is 21.2 Å². The molecule has 0 unspecified atom stereocenters. The van der Waals surface area contributed by atoms with Gasteiger partial charge >= 0.3 is 5.97 Å². The highest BCUT2D eigenvalue weighted by Gasteiger charge is 2.19. The van der Waals surface area contributed by atoms with Gasteiger partial charge in [-0.15, -0.1) is 0 Å². The number of hydrogen-bond acceptors (Lipinski definition) is 3. The number of carbonyl (C=O) groups is 1. The van der Waals surface area contributed by atoms with Crippen LogP contribution in [0, 0.1) is 3.70 Å². The van der Waals surface area contributed by atoms with Crippen LogP contribution < -0.4 is 0 Å². The molecule has 0 bridgehead atoms. The fourth-order valence-electron chi connectivity index (χ4n) is 0.802. The van der Waals surface area contributed by atoms with E-state index in [0.29, 0.717) is 6.07 Å². The molecule has 7 heteroatoms. The van der Waals surface area contributed by atoms with Crippen molar-refractivity contribution in [2.75, 3.05) is 0 Å². The van der Waals surface area contributed by atoms with E-state index in [1.54, 1.807) is 0 Å². The summed E-state index contributed by atoms with van der Waals surface area (Å²) in [7, 11) is 0. The molecule has 2 N–H and O–H groups in total. The number of alkyl halides is 2. The molecule has 0 fully saturated rings. The lowest BCUT2D eigenvalue weighted by molar-refractivity contribution is 0.0689. The smallest absolute Gasteiger partial charge is 0.354 e. The van der Waals surface area contributed by atoms with E-state index >= 15 is 0 Å². The van der Waals surface area contributed by atoms with Crippen LogP contribution >= 0.6 is 22.6 Å². The third-order valence-electron chi connectivity index (χ3n) is 1.43. The van der Waals surface area contributed by atoms with Gasteiger partial charge in [0.25, 0.3) is 6.43 Å². The normalized spacial score (nSPS) is 10.6. The molecule has 4 nitrogen and oxygen atoms in total. The average molecular weight is 315 g/mol. The van der Waals surface area contributed by atoms with Gasteiger partial charge in [-0.1, -0.05) is 0 Å². The molecule has 0 atom stereocenters. The molecule has 1 aromatic rings. The van der Waals surface area contributed by atoms with Gasteiger partial charge in [-0.25, -0.2) is 18.6 Å². The zero-order valence-electron chi connectivity index (χ0n) is 6.54. The van der Waals surface area contributed by atoms with Crippen LogP contribution in [0.15, 0.2) is 6.07 Å². The number of aromatic hydroxyl groups is 1. The zero-order chi connectivity index (χ0) is 10.9. The number of carboxylic acid groups (broad SMARTS) is 1. The highest BCUT2D eigenvalue weighted by Crippen LogP contribution is 2.31. The first kappa shape index (κ1) is 11.1. The maximum Gasteiger partial charge on any atom is 0.354 e. The zero-order valence-corrected chi connectivity index (χ0v) is 8.70. The standard InChI is InChI=1S/C7H4F2INO3/c8-5(9)2-1-3(7(13)14)11-6(10)4(2)12/h1,5,12H,(H,13,14). The summed E-state index contributed by atoms with van der Waals surface area (Å²) in [4.78, 5) is 13.9. The van der Waals surface area contributed by atoms with Gasteiger partial charge in [-0.05, 0) is 28.7 Å². The molecular weight excluding hydrogens is 311 g/mol. The Kier molecular flexibility index (Phi) is 3.19. The Morgan fingerprint density at radius 1 is 1.57 bits per heavy atom. The summed E-state index contributed by atoms with van der Waals surface area (Å²) in [6, 6.07) is 0.657. The molecule has 76 valence electrons. The summed E-state index contributed by atoms with van der Waals surface area (Å²) in [5.74, 6) is -2.09. The van der Waals surface area contributed by atoms with Gasteiger partial charge in [-0.2, -0.15) is 0 Å². The number of rotatable bonds is 2. The number of nitrogens with zero attached hydrogens (tertiary/aromatic N) is 1. The molecule has 0 aliphatic heterocycles. The van der Waals surface area contributed by atoms with Crippen LogP contribution in [0.2, 0.25) is 0 Å². The van der Waals surface area contributed by atoms with E-state index in [4.69, 9.17) is 10.2 Å². The topological polar surface area (TPSA) is 70.4 Å². The highest BCUT2D eigenvalue weighted by molar-refractivity contribution is 14.1. The summed E-state index contributed by atoms with van der Waals surface area (Å²) in [6.45, 7) is 0. The fraction of sp³-hybridized carbons (Fsp3) is 0.143. The van der Waals surface area contributed by atoms with Gasteiger partial charge in [0.2, 0.25) is 0 Å². The van der Waals surface area contributed by atoms with Gasteiger partial charge in [0.15, 0.2) is 5.75 Å². The van der Waals surface area contributed by atoms with E-state index in [9.17, 15) is 13.6 Å². The van der Waals surface area contributed by atoms with Crippen molar-refractivity contribution >= 4 is 28.6 Å². The Hall–Kier alpha value is -0.990. The number of hydrogen-bond donors (Lipinski definition) is 2. The fourth-order valence-corrected chi connectivity index (χ4v) is 1.37. The van der Waals surface area contributed by atoms with E-state index in [-0.39, 0.29) is 3.70 Å². The minimum Gasteiger partial charge on any atom is -0.505 e. The van der Waals surface area contributed by atoms with Crippen molar-refractivity contribution in [1.82, 2.24) is 4.98 Å². The Labute approximate surface area is 90.7 Å². The lowest BCUT2D eigenvalue weighted by atomic mass is 10.2. The van der Waals surface area contributed by atoms with Gasteiger partial charge in [0.1, 0.15) is 9.39 Å². The van der Waals surface area contributed by atoms with Gasteiger partial charge in [0, 0.05) is 0 Å². The van der Waals surface area contributed by atoms with Crippen molar-refractivity contribution in [2.24, 2.45) is 0 Å². The van der Waals surface area contributed by atoms with Crippen molar-refractivity contribution in [2.45, 2.75) is 6.43 Å². The van der Waals surface area contributed by atoms with Crippen molar-refractivity contribution in [3.63, 3.8) is 0 Å². The van der Waals surface area contributed by atoms with Crippen LogP contribution in [0.1, 0.15) is 22.5 Å². The van der Waals surface area contributed by atoms with E-state index in [1.807, 2.05) is 0 Å². The summed E-state index contributed by atoms with van der Waals surface area (Å²) in [5.41, 5.74) is -1.23. The highest BCUT2D eigenvalue weighted by atomic mass is 127. The molecule has 1 aromatic heterocycles. The first-order valence-electron chi connectivity index (χ1n) is 3.34. The summed E-state index contributed by atoms with van der Waals surface area (Å²) < 4.78 is 24.4. The monoisotopic (exact) mass is 315 g/mol.